The molecule has 2 heteroatoms. The lowest BCUT2D eigenvalue weighted by Crippen LogP contribution is -2.14. The van der Waals surface area contributed by atoms with E-state index in [9.17, 15) is 0 Å². The highest BCUT2D eigenvalue weighted by molar-refractivity contribution is 5.92. The highest BCUT2D eigenvalue weighted by atomic mass is 14.9. The second-order valence-corrected chi connectivity index (χ2v) is 5.86. The van der Waals surface area contributed by atoms with Gasteiger partial charge in [0.1, 0.15) is 0 Å². The number of nitrogens with one attached hydrogen (secondary N) is 1. The number of aryl methyl sites for hydroxylation is 1. The number of nitrogens with zero attached hydrogens (tertiary/aromatic N) is 1. The van der Waals surface area contributed by atoms with Gasteiger partial charge < -0.3 is 5.32 Å². The quantitative estimate of drug-likeness (QED) is 0.850. The Morgan fingerprint density at radius 2 is 1.89 bits per heavy atom. The van der Waals surface area contributed by atoms with E-state index in [1.807, 2.05) is 0 Å². The summed E-state index contributed by atoms with van der Waals surface area (Å²) in [7, 11) is 0. The molecule has 0 saturated heterocycles. The van der Waals surface area contributed by atoms with Crippen LogP contribution < -0.4 is 5.32 Å². The Kier molecular flexibility index (Phi) is 3.29. The maximum atomic E-state index is 4.79. The Bertz CT molecular complexity index is 565. The third-order valence-electron chi connectivity index (χ3n) is 3.10. The van der Waals surface area contributed by atoms with E-state index in [2.05, 4.69) is 64.2 Å². The Hall–Kier alpha value is -1.57. The average Bonchev–Trinajstić information content (AvgIpc) is 2.28. The summed E-state index contributed by atoms with van der Waals surface area (Å²) in [5.74, 6) is 0. The standard InChI is InChI=1S/C16H22N2/c1-6-17-14-10-15(16(3,4)5)18-13-8-7-11(2)9-12(13)14/h7-10H,6H2,1-5H3,(H,17,18). The van der Waals surface area contributed by atoms with Gasteiger partial charge in [0.05, 0.1) is 5.52 Å². The van der Waals surface area contributed by atoms with Crippen molar-refractivity contribution in [3.63, 3.8) is 0 Å². The molecule has 0 atom stereocenters. The molecule has 0 spiro atoms. The van der Waals surface area contributed by atoms with Crippen molar-refractivity contribution in [1.82, 2.24) is 4.98 Å². The first-order valence-corrected chi connectivity index (χ1v) is 6.57. The zero-order chi connectivity index (χ0) is 13.3. The van der Waals surface area contributed by atoms with E-state index in [4.69, 9.17) is 4.98 Å². The molecule has 2 rings (SSSR count). The molecule has 0 unspecified atom stereocenters. The molecule has 0 aliphatic rings. The molecule has 0 aliphatic heterocycles. The molecule has 0 amide bonds. The topological polar surface area (TPSA) is 24.9 Å². The van der Waals surface area contributed by atoms with Crippen LogP contribution in [0.1, 0.15) is 39.0 Å². The van der Waals surface area contributed by atoms with Gasteiger partial charge in [-0.15, -0.1) is 0 Å². The minimum absolute atomic E-state index is 0.0727. The number of aromatic nitrogens is 1. The molecule has 1 aromatic carbocycles. The first-order valence-electron chi connectivity index (χ1n) is 6.57. The van der Waals surface area contributed by atoms with Crippen molar-refractivity contribution in [3.05, 3.63) is 35.5 Å². The SMILES string of the molecule is CCNc1cc(C(C)(C)C)nc2ccc(C)cc12. The van der Waals surface area contributed by atoms with Gasteiger partial charge in [-0.2, -0.15) is 0 Å². The average molecular weight is 242 g/mol. The number of fused-ring (bicyclic) bond motifs is 1. The zero-order valence-electron chi connectivity index (χ0n) is 12.0. The highest BCUT2D eigenvalue weighted by Gasteiger charge is 2.17. The molecule has 2 aromatic rings. The van der Waals surface area contributed by atoms with Crippen LogP contribution in [-0.4, -0.2) is 11.5 Å². The normalized spacial score (nSPS) is 11.8. The number of pyridine rings is 1. The zero-order valence-corrected chi connectivity index (χ0v) is 12.0. The van der Waals surface area contributed by atoms with Crippen molar-refractivity contribution in [2.24, 2.45) is 0 Å². The summed E-state index contributed by atoms with van der Waals surface area (Å²) in [6.07, 6.45) is 0. The summed E-state index contributed by atoms with van der Waals surface area (Å²) in [5.41, 5.74) is 4.74. The van der Waals surface area contributed by atoms with E-state index in [1.165, 1.54) is 16.6 Å². The van der Waals surface area contributed by atoms with Crippen LogP contribution in [0.5, 0.6) is 0 Å². The molecule has 1 aromatic heterocycles. The van der Waals surface area contributed by atoms with Crippen molar-refractivity contribution >= 4 is 16.6 Å². The molecule has 0 radical (unpaired) electrons. The Morgan fingerprint density at radius 1 is 1.17 bits per heavy atom. The minimum atomic E-state index is 0.0727. The molecule has 2 nitrogen and oxygen atoms in total. The Balaban J connectivity index is 2.70. The van der Waals surface area contributed by atoms with Crippen LogP contribution in [0.25, 0.3) is 10.9 Å². The predicted molar refractivity (Wildman–Crippen MR) is 79.3 cm³/mol. The fourth-order valence-corrected chi connectivity index (χ4v) is 2.06. The predicted octanol–water partition coefficient (Wildman–Crippen LogP) is 4.27. The van der Waals surface area contributed by atoms with Crippen molar-refractivity contribution in [3.8, 4) is 0 Å². The summed E-state index contributed by atoms with van der Waals surface area (Å²) < 4.78 is 0. The van der Waals surface area contributed by atoms with Crippen LogP contribution >= 0.6 is 0 Å². The van der Waals surface area contributed by atoms with Crippen LogP contribution in [-0.2, 0) is 5.41 Å². The summed E-state index contributed by atoms with van der Waals surface area (Å²) in [6.45, 7) is 11.8. The molecular formula is C16H22N2. The third-order valence-corrected chi connectivity index (χ3v) is 3.10. The van der Waals surface area contributed by atoms with Crippen molar-refractivity contribution < 1.29 is 0 Å². The van der Waals surface area contributed by atoms with Crippen molar-refractivity contribution in [2.75, 3.05) is 11.9 Å². The second-order valence-electron chi connectivity index (χ2n) is 5.86. The van der Waals surface area contributed by atoms with Gasteiger partial charge >= 0.3 is 0 Å². The maximum Gasteiger partial charge on any atom is 0.0726 e. The van der Waals surface area contributed by atoms with E-state index >= 15 is 0 Å². The van der Waals surface area contributed by atoms with Crippen LogP contribution in [0.2, 0.25) is 0 Å². The number of benzene rings is 1. The summed E-state index contributed by atoms with van der Waals surface area (Å²) in [6, 6.07) is 8.62. The first kappa shape index (κ1) is 12.9. The largest absolute Gasteiger partial charge is 0.385 e. The molecule has 0 fully saturated rings. The van der Waals surface area contributed by atoms with E-state index in [0.717, 1.165) is 17.8 Å². The van der Waals surface area contributed by atoms with E-state index in [1.54, 1.807) is 0 Å². The Labute approximate surface area is 109 Å². The molecule has 0 bridgehead atoms. The minimum Gasteiger partial charge on any atom is -0.385 e. The van der Waals surface area contributed by atoms with Gasteiger partial charge in [-0.3, -0.25) is 4.98 Å². The number of hydrogen-bond acceptors (Lipinski definition) is 2. The van der Waals surface area contributed by atoms with E-state index < -0.39 is 0 Å². The lowest BCUT2D eigenvalue weighted by molar-refractivity contribution is 0.572. The summed E-state index contributed by atoms with van der Waals surface area (Å²) >= 11 is 0. The third kappa shape index (κ3) is 2.47. The fraction of sp³-hybridized carbons (Fsp3) is 0.438. The molecule has 1 N–H and O–H groups in total. The van der Waals surface area contributed by atoms with Gasteiger partial charge in [-0.25, -0.2) is 0 Å². The monoisotopic (exact) mass is 242 g/mol. The first-order chi connectivity index (χ1) is 8.41. The van der Waals surface area contributed by atoms with Crippen molar-refractivity contribution in [2.45, 2.75) is 40.0 Å². The van der Waals surface area contributed by atoms with Gasteiger partial charge in [-0.1, -0.05) is 32.4 Å². The van der Waals surface area contributed by atoms with Crippen LogP contribution in [0.3, 0.4) is 0 Å². The Morgan fingerprint density at radius 3 is 2.50 bits per heavy atom. The number of hydrogen-bond donors (Lipinski definition) is 1. The van der Waals surface area contributed by atoms with E-state index in [-0.39, 0.29) is 5.41 Å². The van der Waals surface area contributed by atoms with Gasteiger partial charge in [0.25, 0.3) is 0 Å². The lowest BCUT2D eigenvalue weighted by Gasteiger charge is -2.20. The smallest absolute Gasteiger partial charge is 0.0726 e. The van der Waals surface area contributed by atoms with Crippen LogP contribution in [0, 0.1) is 6.92 Å². The van der Waals surface area contributed by atoms with Gasteiger partial charge in [-0.05, 0) is 32.0 Å². The van der Waals surface area contributed by atoms with Crippen LogP contribution in [0.4, 0.5) is 5.69 Å². The molecule has 1 heterocycles. The molecular weight excluding hydrogens is 220 g/mol. The van der Waals surface area contributed by atoms with E-state index in [0.29, 0.717) is 0 Å². The molecule has 0 saturated carbocycles. The van der Waals surface area contributed by atoms with Gasteiger partial charge in [0.2, 0.25) is 0 Å². The number of anilines is 1. The summed E-state index contributed by atoms with van der Waals surface area (Å²) in [5, 5.41) is 4.66. The second kappa shape index (κ2) is 4.60. The molecule has 96 valence electrons. The van der Waals surface area contributed by atoms with Crippen molar-refractivity contribution in [1.29, 1.82) is 0 Å². The van der Waals surface area contributed by atoms with Gasteiger partial charge in [0.15, 0.2) is 0 Å². The van der Waals surface area contributed by atoms with Gasteiger partial charge in [0, 0.05) is 28.7 Å². The molecule has 0 aliphatic carbocycles. The maximum absolute atomic E-state index is 4.79. The summed E-state index contributed by atoms with van der Waals surface area (Å²) in [4.78, 5) is 4.79. The fourth-order valence-electron chi connectivity index (χ4n) is 2.06. The highest BCUT2D eigenvalue weighted by Crippen LogP contribution is 2.29. The molecule has 18 heavy (non-hydrogen) atoms. The lowest BCUT2D eigenvalue weighted by atomic mass is 9.90. The number of rotatable bonds is 2. The van der Waals surface area contributed by atoms with Crippen LogP contribution in [0.15, 0.2) is 24.3 Å².